The average molecular weight is 394 g/mol. The van der Waals surface area contributed by atoms with E-state index in [2.05, 4.69) is 6.07 Å². The molecule has 3 saturated carbocycles. The molecule has 4 aliphatic rings. The summed E-state index contributed by atoms with van der Waals surface area (Å²) in [7, 11) is 0. The fourth-order valence-electron chi connectivity index (χ4n) is 6.42. The van der Waals surface area contributed by atoms with Crippen LogP contribution in [0, 0.1) is 29.1 Å². The highest BCUT2D eigenvalue weighted by Crippen LogP contribution is 2.54. The molecule has 1 saturated heterocycles. The Morgan fingerprint density at radius 3 is 2.44 bits per heavy atom. The number of aliphatic hydroxyl groups is 1. The van der Waals surface area contributed by atoms with Crippen LogP contribution in [0.25, 0.3) is 0 Å². The molecule has 5 nitrogen and oxygen atoms in total. The highest BCUT2D eigenvalue weighted by atomic mass is 35.5. The zero-order valence-electron chi connectivity index (χ0n) is 16.2. The van der Waals surface area contributed by atoms with Gasteiger partial charge in [-0.2, -0.15) is 5.26 Å². The van der Waals surface area contributed by atoms with Crippen molar-refractivity contribution in [2.24, 2.45) is 17.8 Å². The molecule has 0 aromatic rings. The lowest BCUT2D eigenvalue weighted by molar-refractivity contribution is -0.131. The fraction of sp³-hybridized carbons (Fsp3) is 0.905. The maximum Gasteiger partial charge on any atom is 0.239 e. The van der Waals surface area contributed by atoms with Crippen molar-refractivity contribution >= 4 is 17.7 Å². The summed E-state index contributed by atoms with van der Waals surface area (Å²) in [4.78, 5) is 14.2. The van der Waals surface area contributed by atoms with Gasteiger partial charge in [0.25, 0.3) is 0 Å². The number of amides is 1. The Kier molecular flexibility index (Phi) is 5.69. The summed E-state index contributed by atoms with van der Waals surface area (Å²) in [5.74, 6) is 1.54. The first-order valence-electron chi connectivity index (χ1n) is 10.8. The van der Waals surface area contributed by atoms with Gasteiger partial charge in [0.05, 0.1) is 18.2 Å². The van der Waals surface area contributed by atoms with Crippen molar-refractivity contribution in [3.8, 4) is 6.07 Å². The van der Waals surface area contributed by atoms with E-state index in [1.807, 2.05) is 0 Å². The number of hydrogen-bond donors (Lipinski definition) is 1. The largest absolute Gasteiger partial charge is 0.390 e. The zero-order valence-corrected chi connectivity index (χ0v) is 16.9. The molecule has 0 radical (unpaired) electrons. The van der Waals surface area contributed by atoms with Crippen LogP contribution in [0.2, 0.25) is 0 Å². The molecule has 27 heavy (non-hydrogen) atoms. The molecule has 1 aliphatic heterocycles. The van der Waals surface area contributed by atoms with Gasteiger partial charge in [-0.25, -0.2) is 4.42 Å². The molecule has 1 N–H and O–H groups in total. The summed E-state index contributed by atoms with van der Waals surface area (Å²) in [5.41, 5.74) is -0.455. The molecular formula is C21H32ClN3O2. The van der Waals surface area contributed by atoms with E-state index in [0.29, 0.717) is 24.3 Å². The van der Waals surface area contributed by atoms with Gasteiger partial charge in [0.15, 0.2) is 0 Å². The lowest BCUT2D eigenvalue weighted by Gasteiger charge is -2.37. The van der Waals surface area contributed by atoms with Crippen LogP contribution in [-0.2, 0) is 4.79 Å². The van der Waals surface area contributed by atoms with Crippen molar-refractivity contribution in [2.75, 3.05) is 13.1 Å². The van der Waals surface area contributed by atoms with Crippen LogP contribution in [-0.4, -0.2) is 51.1 Å². The number of hydrogen-bond acceptors (Lipinski definition) is 4. The van der Waals surface area contributed by atoms with E-state index in [9.17, 15) is 15.2 Å². The third-order valence-electron chi connectivity index (χ3n) is 7.82. The second-order valence-electron chi connectivity index (χ2n) is 9.42. The van der Waals surface area contributed by atoms with E-state index in [-0.39, 0.29) is 24.5 Å². The van der Waals surface area contributed by atoms with Crippen LogP contribution >= 0.6 is 11.8 Å². The van der Waals surface area contributed by atoms with Crippen LogP contribution in [0.4, 0.5) is 0 Å². The first-order chi connectivity index (χ1) is 13.0. The van der Waals surface area contributed by atoms with Crippen LogP contribution in [0.5, 0.6) is 0 Å². The number of rotatable bonds is 4. The summed E-state index contributed by atoms with van der Waals surface area (Å²) in [5, 5.41) is 20.4. The van der Waals surface area contributed by atoms with Crippen LogP contribution in [0.3, 0.4) is 0 Å². The predicted molar refractivity (Wildman–Crippen MR) is 104 cm³/mol. The molecule has 1 amide bonds. The Morgan fingerprint density at radius 2 is 1.81 bits per heavy atom. The van der Waals surface area contributed by atoms with E-state index in [0.717, 1.165) is 38.5 Å². The van der Waals surface area contributed by atoms with Crippen molar-refractivity contribution in [2.45, 2.75) is 88.3 Å². The Bertz CT molecular complexity index is 587. The van der Waals surface area contributed by atoms with Crippen LogP contribution in [0.1, 0.15) is 70.6 Å². The lowest BCUT2D eigenvalue weighted by Crippen LogP contribution is -2.42. The van der Waals surface area contributed by atoms with E-state index < -0.39 is 5.60 Å². The quantitative estimate of drug-likeness (QED) is 0.742. The van der Waals surface area contributed by atoms with Crippen molar-refractivity contribution in [3.63, 3.8) is 0 Å². The number of nitrogens with zero attached hydrogens (tertiary/aromatic N) is 3. The highest BCUT2D eigenvalue weighted by Gasteiger charge is 2.52. The molecule has 0 bridgehead atoms. The Hall–Kier alpha value is -0.830. The van der Waals surface area contributed by atoms with E-state index in [4.69, 9.17) is 11.8 Å². The van der Waals surface area contributed by atoms with Gasteiger partial charge >= 0.3 is 0 Å². The second kappa shape index (κ2) is 7.89. The third kappa shape index (κ3) is 3.86. The Labute approximate surface area is 167 Å². The van der Waals surface area contributed by atoms with Crippen LogP contribution in [0.15, 0.2) is 0 Å². The number of carbonyl (C=O) groups excluding carboxylic acids is 1. The predicted octanol–water partition coefficient (Wildman–Crippen LogP) is 3.46. The SMILES string of the molecule is N#C[C@@H]1CCCN1C(=O)CN(Cl)[C@@H]1C[C@@H]2CC(O)(C3CCCCC3)C[C@@H]2C1. The minimum Gasteiger partial charge on any atom is -0.390 e. The van der Waals surface area contributed by atoms with E-state index >= 15 is 0 Å². The van der Waals surface area contributed by atoms with Crippen LogP contribution < -0.4 is 0 Å². The molecule has 5 atom stereocenters. The van der Waals surface area contributed by atoms with Crippen molar-refractivity contribution in [1.29, 1.82) is 5.26 Å². The van der Waals surface area contributed by atoms with Gasteiger partial charge in [-0.1, -0.05) is 19.3 Å². The summed E-state index contributed by atoms with van der Waals surface area (Å²) < 4.78 is 1.69. The molecule has 150 valence electrons. The number of nitriles is 1. The van der Waals surface area contributed by atoms with Gasteiger partial charge in [0, 0.05) is 12.6 Å². The van der Waals surface area contributed by atoms with Gasteiger partial charge in [-0.05, 0) is 80.9 Å². The maximum absolute atomic E-state index is 12.5. The normalized spacial score (nSPS) is 39.7. The molecule has 0 aromatic carbocycles. The monoisotopic (exact) mass is 393 g/mol. The average Bonchev–Trinajstić information content (AvgIpc) is 3.35. The van der Waals surface area contributed by atoms with Gasteiger partial charge in [0.2, 0.25) is 5.91 Å². The minimum absolute atomic E-state index is 0.0233. The molecule has 1 heterocycles. The number of carbonyl (C=O) groups is 1. The van der Waals surface area contributed by atoms with Gasteiger partial charge in [0.1, 0.15) is 6.04 Å². The number of fused-ring (bicyclic) bond motifs is 1. The van der Waals surface area contributed by atoms with Gasteiger partial charge < -0.3 is 10.0 Å². The minimum atomic E-state index is -0.455. The molecule has 1 unspecified atom stereocenters. The first kappa shape index (κ1) is 19.5. The highest BCUT2D eigenvalue weighted by molar-refractivity contribution is 6.14. The molecule has 4 rings (SSSR count). The topological polar surface area (TPSA) is 67.6 Å². The third-order valence-corrected chi connectivity index (χ3v) is 8.21. The fourth-order valence-corrected chi connectivity index (χ4v) is 6.68. The molecule has 0 spiro atoms. The van der Waals surface area contributed by atoms with Crippen molar-refractivity contribution in [3.05, 3.63) is 0 Å². The Morgan fingerprint density at radius 1 is 1.15 bits per heavy atom. The lowest BCUT2D eigenvalue weighted by atomic mass is 9.75. The molecule has 3 aliphatic carbocycles. The number of likely N-dealkylation sites (tertiary alicyclic amines) is 1. The van der Waals surface area contributed by atoms with Gasteiger partial charge in [-0.15, -0.1) is 0 Å². The van der Waals surface area contributed by atoms with E-state index in [1.54, 1.807) is 9.32 Å². The maximum atomic E-state index is 12.5. The zero-order chi connectivity index (χ0) is 19.0. The van der Waals surface area contributed by atoms with Crippen molar-refractivity contribution in [1.82, 2.24) is 9.32 Å². The van der Waals surface area contributed by atoms with Crippen molar-refractivity contribution < 1.29 is 9.90 Å². The van der Waals surface area contributed by atoms with E-state index in [1.165, 1.54) is 32.1 Å². The summed E-state index contributed by atoms with van der Waals surface area (Å²) in [6.07, 6.45) is 11.7. The van der Waals surface area contributed by atoms with Gasteiger partial charge in [-0.3, -0.25) is 4.79 Å². The summed E-state index contributed by atoms with van der Waals surface area (Å²) in [6, 6.07) is 2.16. The smallest absolute Gasteiger partial charge is 0.239 e. The molecular weight excluding hydrogens is 362 g/mol. The molecule has 6 heteroatoms. The summed E-state index contributed by atoms with van der Waals surface area (Å²) >= 11 is 6.52. The second-order valence-corrected chi connectivity index (χ2v) is 9.86. The summed E-state index contributed by atoms with van der Waals surface area (Å²) in [6.45, 7) is 0.864. The standard InChI is InChI=1S/C21H32ClN3O2/c22-25(14-20(26)24-8-4-7-18(24)13-23)19-9-15-11-21(27,12-16(15)10-19)17-5-2-1-3-6-17/h15-19,27H,1-12,14H2/t15-,16+,18-,19-,21?/m0/s1. The number of halogens is 1. The molecule has 0 aromatic heterocycles. The molecule has 4 fully saturated rings. The Balaban J connectivity index is 1.29. The first-order valence-corrected chi connectivity index (χ1v) is 11.2.